The molecule has 0 amide bonds. The van der Waals surface area contributed by atoms with Gasteiger partial charge in [-0.05, 0) is 25.9 Å². The smallest absolute Gasteiger partial charge is 0.142 e. The highest BCUT2D eigenvalue weighted by Crippen LogP contribution is 2.29. The number of fused-ring (bicyclic) bond motifs is 1. The second-order valence-electron chi connectivity index (χ2n) is 11.7. The summed E-state index contributed by atoms with van der Waals surface area (Å²) in [5.41, 5.74) is 6.18. The van der Waals surface area contributed by atoms with Crippen molar-refractivity contribution in [3.05, 3.63) is 0 Å². The summed E-state index contributed by atoms with van der Waals surface area (Å²) < 4.78 is 6.23. The van der Waals surface area contributed by atoms with Gasteiger partial charge in [-0.3, -0.25) is 20.9 Å². The molecule has 0 spiro atoms. The zero-order valence-electron chi connectivity index (χ0n) is 22.1. The summed E-state index contributed by atoms with van der Waals surface area (Å²) in [6.45, 7) is 9.59. The topological polar surface area (TPSA) is 125 Å². The summed E-state index contributed by atoms with van der Waals surface area (Å²) in [5.74, 6) is 0.966. The van der Waals surface area contributed by atoms with Crippen LogP contribution in [-0.2, 0) is 4.74 Å². The van der Waals surface area contributed by atoms with E-state index in [9.17, 15) is 10.2 Å². The van der Waals surface area contributed by atoms with E-state index in [0.29, 0.717) is 19.9 Å². The van der Waals surface area contributed by atoms with Crippen molar-refractivity contribution in [2.75, 3.05) is 72.7 Å². The SMILES string of the molecule is CN(CCN1CCN(CCC2CCCCC2)CC1)C[C@H]1O[C@@H](N2CNC3C(N)NCNC32)[C@H](O)[C@@H]1O. The molecule has 4 saturated heterocycles. The molecule has 0 radical (unpaired) electrons. The van der Waals surface area contributed by atoms with Crippen LogP contribution < -0.4 is 21.7 Å². The Morgan fingerprint density at radius 2 is 1.67 bits per heavy atom. The first kappa shape index (κ1) is 27.1. The molecule has 0 bridgehead atoms. The van der Waals surface area contributed by atoms with Crippen LogP contribution in [0.1, 0.15) is 38.5 Å². The van der Waals surface area contributed by atoms with Gasteiger partial charge in [0.2, 0.25) is 0 Å². The van der Waals surface area contributed by atoms with E-state index in [2.05, 4.69) is 37.7 Å². The molecule has 4 heterocycles. The third-order valence-electron chi connectivity index (χ3n) is 9.24. The first-order valence-corrected chi connectivity index (χ1v) is 14.4. The van der Waals surface area contributed by atoms with Gasteiger partial charge in [0.1, 0.15) is 24.5 Å². The van der Waals surface area contributed by atoms with Crippen molar-refractivity contribution in [2.45, 2.75) is 81.4 Å². The molecule has 0 aromatic heterocycles. The van der Waals surface area contributed by atoms with Gasteiger partial charge in [-0.1, -0.05) is 32.1 Å². The third kappa shape index (κ3) is 6.40. The van der Waals surface area contributed by atoms with E-state index >= 15 is 0 Å². The monoisotopic (exact) mass is 510 g/mol. The summed E-state index contributed by atoms with van der Waals surface area (Å²) in [5, 5.41) is 31.5. The van der Waals surface area contributed by atoms with E-state index in [0.717, 1.165) is 32.1 Å². The highest BCUT2D eigenvalue weighted by atomic mass is 16.6. The number of hydrogen-bond donors (Lipinski definition) is 6. The number of nitrogens with zero attached hydrogens (tertiary/aromatic N) is 4. The summed E-state index contributed by atoms with van der Waals surface area (Å²) in [6, 6.07) is 0.0288. The maximum Gasteiger partial charge on any atom is 0.142 e. The number of hydrogen-bond acceptors (Lipinski definition) is 11. The second-order valence-corrected chi connectivity index (χ2v) is 11.7. The van der Waals surface area contributed by atoms with Crippen molar-refractivity contribution in [1.29, 1.82) is 0 Å². The van der Waals surface area contributed by atoms with Crippen molar-refractivity contribution in [3.63, 3.8) is 0 Å². The molecule has 36 heavy (non-hydrogen) atoms. The van der Waals surface area contributed by atoms with E-state index in [4.69, 9.17) is 10.5 Å². The zero-order chi connectivity index (χ0) is 25.1. The fourth-order valence-electron chi connectivity index (χ4n) is 6.79. The largest absolute Gasteiger partial charge is 0.387 e. The predicted molar refractivity (Wildman–Crippen MR) is 139 cm³/mol. The molecule has 11 heteroatoms. The zero-order valence-corrected chi connectivity index (χ0v) is 22.1. The molecule has 4 aliphatic heterocycles. The van der Waals surface area contributed by atoms with E-state index < -0.39 is 24.5 Å². The lowest BCUT2D eigenvalue weighted by molar-refractivity contribution is -0.106. The lowest BCUT2D eigenvalue weighted by Gasteiger charge is -2.38. The van der Waals surface area contributed by atoms with Crippen LogP contribution in [-0.4, -0.2) is 145 Å². The number of aliphatic hydroxyl groups excluding tert-OH is 2. The van der Waals surface area contributed by atoms with Gasteiger partial charge < -0.3 is 30.5 Å². The highest BCUT2D eigenvalue weighted by molar-refractivity contribution is 5.01. The minimum absolute atomic E-state index is 0.0288. The highest BCUT2D eigenvalue weighted by Gasteiger charge is 2.51. The first-order chi connectivity index (χ1) is 17.5. The molecule has 208 valence electrons. The van der Waals surface area contributed by atoms with Crippen LogP contribution in [0, 0.1) is 5.92 Å². The van der Waals surface area contributed by atoms with Gasteiger partial charge in [-0.2, -0.15) is 0 Å². The number of ether oxygens (including phenoxy) is 1. The Morgan fingerprint density at radius 3 is 2.42 bits per heavy atom. The van der Waals surface area contributed by atoms with Crippen LogP contribution in [0.2, 0.25) is 0 Å². The average molecular weight is 511 g/mol. The number of nitrogens with one attached hydrogen (secondary N) is 3. The van der Waals surface area contributed by atoms with Crippen LogP contribution in [0.3, 0.4) is 0 Å². The fraction of sp³-hybridized carbons (Fsp3) is 1.00. The molecule has 1 saturated carbocycles. The number of piperazine rings is 1. The van der Waals surface area contributed by atoms with E-state index in [1.165, 1.54) is 58.2 Å². The fourth-order valence-corrected chi connectivity index (χ4v) is 6.79. The molecule has 11 nitrogen and oxygen atoms in total. The van der Waals surface area contributed by atoms with Crippen molar-refractivity contribution in [3.8, 4) is 0 Å². The molecule has 1 aliphatic carbocycles. The van der Waals surface area contributed by atoms with Gasteiger partial charge in [0, 0.05) is 52.5 Å². The Labute approximate surface area is 216 Å². The lowest BCUT2D eigenvalue weighted by Crippen LogP contribution is -2.68. The molecular formula is C25H50N8O3. The number of rotatable bonds is 9. The minimum Gasteiger partial charge on any atom is -0.387 e. The van der Waals surface area contributed by atoms with E-state index in [1.807, 2.05) is 4.90 Å². The average Bonchev–Trinajstić information content (AvgIpc) is 3.45. The van der Waals surface area contributed by atoms with Crippen molar-refractivity contribution in [2.24, 2.45) is 11.7 Å². The van der Waals surface area contributed by atoms with E-state index in [-0.39, 0.29) is 18.4 Å². The minimum atomic E-state index is -0.946. The van der Waals surface area contributed by atoms with Crippen LogP contribution in [0.5, 0.6) is 0 Å². The van der Waals surface area contributed by atoms with E-state index in [1.54, 1.807) is 0 Å². The molecule has 7 N–H and O–H groups in total. The van der Waals surface area contributed by atoms with Gasteiger partial charge in [0.25, 0.3) is 0 Å². The molecule has 5 fully saturated rings. The van der Waals surface area contributed by atoms with Gasteiger partial charge in [-0.15, -0.1) is 0 Å². The summed E-state index contributed by atoms with van der Waals surface area (Å²) in [7, 11) is 2.08. The van der Waals surface area contributed by atoms with Gasteiger partial charge in [0.05, 0.1) is 25.0 Å². The summed E-state index contributed by atoms with van der Waals surface area (Å²) in [6.07, 6.45) is 5.58. The Hall–Kier alpha value is -0.440. The normalized spacial score (nSPS) is 39.8. The molecular weight excluding hydrogens is 460 g/mol. The van der Waals surface area contributed by atoms with Crippen LogP contribution in [0.15, 0.2) is 0 Å². The van der Waals surface area contributed by atoms with Crippen molar-refractivity contribution in [1.82, 2.24) is 35.6 Å². The predicted octanol–water partition coefficient (Wildman–Crippen LogP) is -2.05. The van der Waals surface area contributed by atoms with Gasteiger partial charge in [0.15, 0.2) is 0 Å². The number of likely N-dealkylation sites (N-methyl/N-ethyl adjacent to an activating group) is 1. The Kier molecular flexibility index (Phi) is 9.51. The van der Waals surface area contributed by atoms with Gasteiger partial charge in [-0.25, -0.2) is 4.90 Å². The Bertz CT molecular complexity index is 678. The van der Waals surface area contributed by atoms with Crippen LogP contribution >= 0.6 is 0 Å². The molecule has 7 atom stereocenters. The van der Waals surface area contributed by atoms with Crippen molar-refractivity contribution >= 4 is 0 Å². The molecule has 5 rings (SSSR count). The molecule has 5 aliphatic rings. The van der Waals surface area contributed by atoms with Crippen LogP contribution in [0.4, 0.5) is 0 Å². The molecule has 0 aromatic rings. The Balaban J connectivity index is 1.01. The van der Waals surface area contributed by atoms with Gasteiger partial charge >= 0.3 is 0 Å². The third-order valence-corrected chi connectivity index (χ3v) is 9.24. The standard InChI is InChI=1S/C25H50N8O3/c1-30(9-10-32-13-11-31(12-14-32)8-7-18-5-3-2-4-6-18)15-19-21(34)22(35)25(36-19)33-17-29-20-23(26)27-16-28-24(20)33/h18-25,27-29,34-35H,2-17,26H2,1H3/t19-,20?,21-,22-,23?,24?,25-/m1/s1. The number of nitrogens with two attached hydrogens (primary N) is 1. The lowest BCUT2D eigenvalue weighted by atomic mass is 9.87. The summed E-state index contributed by atoms with van der Waals surface area (Å²) in [4.78, 5) is 9.48. The quantitative estimate of drug-likeness (QED) is 0.205. The maximum atomic E-state index is 10.8. The summed E-state index contributed by atoms with van der Waals surface area (Å²) >= 11 is 0. The van der Waals surface area contributed by atoms with Crippen molar-refractivity contribution < 1.29 is 14.9 Å². The molecule has 0 aromatic carbocycles. The number of aliphatic hydroxyl groups is 2. The Morgan fingerprint density at radius 1 is 0.944 bits per heavy atom. The second kappa shape index (κ2) is 12.6. The van der Waals surface area contributed by atoms with Crippen LogP contribution in [0.25, 0.3) is 0 Å². The first-order valence-electron chi connectivity index (χ1n) is 14.4. The molecule has 3 unspecified atom stereocenters. The maximum absolute atomic E-state index is 10.8.